The van der Waals surface area contributed by atoms with Gasteiger partial charge >= 0.3 is 5.97 Å². The summed E-state index contributed by atoms with van der Waals surface area (Å²) >= 11 is 0. The van der Waals surface area contributed by atoms with Crippen molar-refractivity contribution in [2.45, 2.75) is 38.6 Å². The van der Waals surface area contributed by atoms with Crippen LogP contribution < -0.4 is 9.47 Å². The highest BCUT2D eigenvalue weighted by molar-refractivity contribution is 6.03. The van der Waals surface area contributed by atoms with E-state index < -0.39 is 5.97 Å². The lowest BCUT2D eigenvalue weighted by atomic mass is 9.97. The Labute approximate surface area is 175 Å². The van der Waals surface area contributed by atoms with Crippen LogP contribution in [-0.2, 0) is 9.59 Å². The summed E-state index contributed by atoms with van der Waals surface area (Å²) in [7, 11) is 3.15. The van der Waals surface area contributed by atoms with E-state index >= 15 is 0 Å². The first-order valence-electron chi connectivity index (χ1n) is 9.83. The number of carbonyl (C=O) groups excluding carboxylic acids is 1. The molecule has 0 spiro atoms. The fraction of sp³-hybridized carbons (Fsp3) is 0.348. The molecule has 1 heterocycles. The van der Waals surface area contributed by atoms with Crippen molar-refractivity contribution in [3.8, 4) is 11.5 Å². The molecule has 0 saturated carbocycles. The van der Waals surface area contributed by atoms with Gasteiger partial charge in [-0.05, 0) is 37.1 Å². The van der Waals surface area contributed by atoms with Gasteiger partial charge in [-0.2, -0.15) is 5.10 Å². The van der Waals surface area contributed by atoms with Gasteiger partial charge in [-0.15, -0.1) is 0 Å². The van der Waals surface area contributed by atoms with Gasteiger partial charge in [0.1, 0.15) is 0 Å². The summed E-state index contributed by atoms with van der Waals surface area (Å²) in [6.45, 7) is 2.01. The summed E-state index contributed by atoms with van der Waals surface area (Å²) < 4.78 is 10.7. The summed E-state index contributed by atoms with van der Waals surface area (Å²) in [5.74, 6) is 0.124. The van der Waals surface area contributed by atoms with Gasteiger partial charge in [0.05, 0.1) is 26.0 Å². The van der Waals surface area contributed by atoms with E-state index in [1.165, 1.54) is 5.01 Å². The molecular formula is C23H26N2O5. The van der Waals surface area contributed by atoms with E-state index in [4.69, 9.17) is 14.6 Å². The topological polar surface area (TPSA) is 88.4 Å². The number of nitrogens with zero attached hydrogens (tertiary/aromatic N) is 2. The number of aryl methyl sites for hydroxylation is 1. The van der Waals surface area contributed by atoms with Crippen LogP contribution in [0, 0.1) is 6.92 Å². The molecule has 1 aliphatic rings. The highest BCUT2D eigenvalue weighted by Crippen LogP contribution is 2.36. The number of methoxy groups -OCH3 is 2. The van der Waals surface area contributed by atoms with E-state index in [-0.39, 0.29) is 31.2 Å². The number of hydrogen-bond acceptors (Lipinski definition) is 5. The second-order valence-electron chi connectivity index (χ2n) is 7.23. The number of ether oxygens (including phenoxy) is 2. The van der Waals surface area contributed by atoms with Gasteiger partial charge in [0, 0.05) is 24.8 Å². The maximum absolute atomic E-state index is 12.9. The number of amides is 1. The van der Waals surface area contributed by atoms with Gasteiger partial charge in [0.2, 0.25) is 5.91 Å². The summed E-state index contributed by atoms with van der Waals surface area (Å²) in [4.78, 5) is 23.7. The fourth-order valence-corrected chi connectivity index (χ4v) is 3.48. The molecule has 2 aromatic rings. The number of rotatable bonds is 8. The minimum Gasteiger partial charge on any atom is -0.493 e. The zero-order valence-electron chi connectivity index (χ0n) is 17.4. The smallest absolute Gasteiger partial charge is 0.303 e. The van der Waals surface area contributed by atoms with Crippen molar-refractivity contribution in [2.24, 2.45) is 5.10 Å². The number of carboxylic acid groups (broad SMARTS) is 1. The molecule has 158 valence electrons. The molecule has 0 radical (unpaired) electrons. The Morgan fingerprint density at radius 3 is 2.40 bits per heavy atom. The van der Waals surface area contributed by atoms with Crippen molar-refractivity contribution < 1.29 is 24.2 Å². The minimum atomic E-state index is -0.908. The minimum absolute atomic E-state index is 0.0406. The molecule has 0 saturated heterocycles. The second kappa shape index (κ2) is 9.43. The van der Waals surface area contributed by atoms with E-state index in [1.807, 2.05) is 49.4 Å². The Morgan fingerprint density at radius 1 is 1.07 bits per heavy atom. The first-order valence-corrected chi connectivity index (χ1v) is 9.83. The summed E-state index contributed by atoms with van der Waals surface area (Å²) in [6, 6.07) is 13.4. The highest BCUT2D eigenvalue weighted by atomic mass is 16.5. The Bertz CT molecular complexity index is 953. The predicted molar refractivity (Wildman–Crippen MR) is 113 cm³/mol. The lowest BCUT2D eigenvalue weighted by Crippen LogP contribution is -2.27. The Morgan fingerprint density at radius 2 is 1.77 bits per heavy atom. The third-order valence-corrected chi connectivity index (χ3v) is 5.13. The number of carbonyl (C=O) groups is 2. The van der Waals surface area contributed by atoms with Crippen molar-refractivity contribution >= 4 is 17.6 Å². The van der Waals surface area contributed by atoms with Crippen LogP contribution in [0.5, 0.6) is 11.5 Å². The van der Waals surface area contributed by atoms with Gasteiger partial charge in [0.15, 0.2) is 11.5 Å². The molecule has 7 nitrogen and oxygen atoms in total. The Balaban J connectivity index is 1.90. The van der Waals surface area contributed by atoms with Crippen LogP contribution >= 0.6 is 0 Å². The molecule has 1 N–H and O–H groups in total. The first-order chi connectivity index (χ1) is 14.4. The van der Waals surface area contributed by atoms with Crippen LogP contribution in [0.15, 0.2) is 47.6 Å². The summed E-state index contributed by atoms with van der Waals surface area (Å²) in [5.41, 5.74) is 3.75. The number of carboxylic acids is 1. The predicted octanol–water partition coefficient (Wildman–Crippen LogP) is 3.94. The zero-order chi connectivity index (χ0) is 21.7. The lowest BCUT2D eigenvalue weighted by molar-refractivity contribution is -0.137. The van der Waals surface area contributed by atoms with Crippen molar-refractivity contribution in [1.29, 1.82) is 0 Å². The first kappa shape index (κ1) is 21.4. The molecule has 30 heavy (non-hydrogen) atoms. The van der Waals surface area contributed by atoms with Crippen LogP contribution in [0.1, 0.15) is 48.4 Å². The van der Waals surface area contributed by atoms with Crippen LogP contribution in [0.3, 0.4) is 0 Å². The molecule has 7 heteroatoms. The number of hydrazone groups is 1. The molecule has 2 aromatic carbocycles. The molecule has 1 atom stereocenters. The number of aliphatic carboxylic acids is 1. The number of benzene rings is 2. The van der Waals surface area contributed by atoms with Crippen LogP contribution in [0.4, 0.5) is 0 Å². The van der Waals surface area contributed by atoms with Crippen molar-refractivity contribution in [2.75, 3.05) is 14.2 Å². The van der Waals surface area contributed by atoms with E-state index in [9.17, 15) is 9.59 Å². The molecule has 1 amide bonds. The van der Waals surface area contributed by atoms with Crippen LogP contribution in [0.2, 0.25) is 0 Å². The second-order valence-corrected chi connectivity index (χ2v) is 7.23. The van der Waals surface area contributed by atoms with Gasteiger partial charge < -0.3 is 14.6 Å². The van der Waals surface area contributed by atoms with Crippen molar-refractivity contribution in [3.63, 3.8) is 0 Å². The maximum atomic E-state index is 12.9. The highest BCUT2D eigenvalue weighted by Gasteiger charge is 2.33. The van der Waals surface area contributed by atoms with E-state index in [2.05, 4.69) is 5.10 Å². The molecule has 0 bridgehead atoms. The molecule has 0 aliphatic carbocycles. The molecule has 1 aliphatic heterocycles. The normalized spacial score (nSPS) is 15.6. The van der Waals surface area contributed by atoms with Crippen LogP contribution in [0.25, 0.3) is 0 Å². The average molecular weight is 410 g/mol. The third-order valence-electron chi connectivity index (χ3n) is 5.13. The molecular weight excluding hydrogens is 384 g/mol. The monoisotopic (exact) mass is 410 g/mol. The molecule has 3 rings (SSSR count). The quantitative estimate of drug-likeness (QED) is 0.712. The Kier molecular flexibility index (Phi) is 6.72. The lowest BCUT2D eigenvalue weighted by Gasteiger charge is -2.22. The van der Waals surface area contributed by atoms with Gasteiger partial charge in [-0.25, -0.2) is 5.01 Å². The largest absolute Gasteiger partial charge is 0.493 e. The van der Waals surface area contributed by atoms with Crippen molar-refractivity contribution in [3.05, 3.63) is 59.2 Å². The van der Waals surface area contributed by atoms with Gasteiger partial charge in [0.25, 0.3) is 0 Å². The fourth-order valence-electron chi connectivity index (χ4n) is 3.48. The maximum Gasteiger partial charge on any atom is 0.303 e. The molecule has 0 unspecified atom stereocenters. The van der Waals surface area contributed by atoms with Crippen molar-refractivity contribution in [1.82, 2.24) is 5.01 Å². The van der Waals surface area contributed by atoms with Crippen LogP contribution in [-0.4, -0.2) is 41.9 Å². The SMILES string of the molecule is COc1ccc(C2=NN(C(=O)CCCC(=O)O)[C@@H](c3ccc(C)cc3)C2)cc1OC. The molecule has 0 fully saturated rings. The van der Waals surface area contributed by atoms with Gasteiger partial charge in [-0.3, -0.25) is 9.59 Å². The third kappa shape index (κ3) is 4.79. The standard InChI is InChI=1S/C23H26N2O5/c1-15-7-9-16(10-8-15)19-14-18(17-11-12-20(29-2)21(13-17)30-3)24-25(19)22(26)5-4-6-23(27)28/h7-13,19H,4-6,14H2,1-3H3,(H,27,28)/t19-/m1/s1. The number of hydrogen-bond donors (Lipinski definition) is 1. The summed E-state index contributed by atoms with van der Waals surface area (Å²) in [5, 5.41) is 15.0. The van der Waals surface area contributed by atoms with E-state index in [1.54, 1.807) is 14.2 Å². The van der Waals surface area contributed by atoms with E-state index in [0.717, 1.165) is 22.4 Å². The zero-order valence-corrected chi connectivity index (χ0v) is 17.4. The van der Waals surface area contributed by atoms with Gasteiger partial charge in [-0.1, -0.05) is 29.8 Å². The average Bonchev–Trinajstić information content (AvgIpc) is 3.19. The summed E-state index contributed by atoms with van der Waals surface area (Å²) in [6.07, 6.45) is 0.939. The van der Waals surface area contributed by atoms with E-state index in [0.29, 0.717) is 17.9 Å². The molecule has 0 aromatic heterocycles. The Hall–Kier alpha value is -3.35.